The Morgan fingerprint density at radius 1 is 1.21 bits per heavy atom. The van der Waals surface area contributed by atoms with E-state index in [1.807, 2.05) is 6.07 Å². The average Bonchev–Trinajstić information content (AvgIpc) is 2.87. The number of hydrogen-bond acceptors (Lipinski definition) is 10. The maximum absolute atomic E-state index is 12.3. The van der Waals surface area contributed by atoms with Crippen molar-refractivity contribution in [2.45, 2.75) is 26.0 Å². The number of nitrogens with one attached hydrogen (secondary N) is 2. The summed E-state index contributed by atoms with van der Waals surface area (Å²) in [5.74, 6) is 0.504. The van der Waals surface area contributed by atoms with Crippen LogP contribution >= 0.6 is 11.6 Å². The standard InChI is InChI=1S/C25H34ClN7O5S/c1-6-23(34)28-19-11-20(22(37-4)12-21(19)32-9-7-31(8-10-32)16(2)3)29-25-27-13-18(26)24(30-25)38-17-14-33(15-17)39(5,35)36/h6,11-13,16-17H,1,7-10,14-15H2,2-5H3,(H,28,34)(H,27,29,30). The summed E-state index contributed by atoms with van der Waals surface area (Å²) in [6.07, 6.45) is 3.40. The van der Waals surface area contributed by atoms with Crippen LogP contribution in [-0.4, -0.2) is 98.3 Å². The first-order chi connectivity index (χ1) is 18.5. The molecule has 3 heterocycles. The van der Waals surface area contributed by atoms with Crippen LogP contribution in [0.1, 0.15) is 13.8 Å². The molecule has 39 heavy (non-hydrogen) atoms. The summed E-state index contributed by atoms with van der Waals surface area (Å²) in [6.45, 7) is 11.8. The molecule has 2 aliphatic rings. The number of aromatic nitrogens is 2. The summed E-state index contributed by atoms with van der Waals surface area (Å²) >= 11 is 6.24. The molecule has 2 aromatic rings. The number of amides is 1. The van der Waals surface area contributed by atoms with Crippen LogP contribution in [0.25, 0.3) is 0 Å². The highest BCUT2D eigenvalue weighted by Crippen LogP contribution is 2.39. The van der Waals surface area contributed by atoms with Gasteiger partial charge in [0.2, 0.25) is 27.8 Å². The summed E-state index contributed by atoms with van der Waals surface area (Å²) in [6, 6.07) is 4.09. The fourth-order valence-corrected chi connectivity index (χ4v) is 5.39. The number of anilines is 4. The highest BCUT2D eigenvalue weighted by atomic mass is 35.5. The molecule has 14 heteroatoms. The molecule has 2 fully saturated rings. The Morgan fingerprint density at radius 2 is 1.90 bits per heavy atom. The van der Waals surface area contributed by atoms with Gasteiger partial charge in [0.25, 0.3) is 0 Å². The van der Waals surface area contributed by atoms with Crippen molar-refractivity contribution in [3.8, 4) is 11.6 Å². The lowest BCUT2D eigenvalue weighted by Gasteiger charge is -2.39. The highest BCUT2D eigenvalue weighted by Gasteiger charge is 2.35. The lowest BCUT2D eigenvalue weighted by Crippen LogP contribution is -2.55. The molecule has 0 atom stereocenters. The summed E-state index contributed by atoms with van der Waals surface area (Å²) < 4.78 is 36.1. The molecule has 0 unspecified atom stereocenters. The number of sulfonamides is 1. The molecule has 1 aromatic heterocycles. The average molecular weight is 580 g/mol. The van der Waals surface area contributed by atoms with Crippen LogP contribution in [0.5, 0.6) is 11.6 Å². The fraction of sp³-hybridized carbons (Fsp3) is 0.480. The number of benzene rings is 1. The van der Waals surface area contributed by atoms with Crippen molar-refractivity contribution in [3.63, 3.8) is 0 Å². The number of ether oxygens (including phenoxy) is 2. The van der Waals surface area contributed by atoms with Gasteiger partial charge in [0.05, 0.1) is 49.7 Å². The van der Waals surface area contributed by atoms with E-state index in [0.29, 0.717) is 23.2 Å². The van der Waals surface area contributed by atoms with Gasteiger partial charge in [-0.15, -0.1) is 0 Å². The number of rotatable bonds is 10. The van der Waals surface area contributed by atoms with Crippen molar-refractivity contribution in [3.05, 3.63) is 36.0 Å². The van der Waals surface area contributed by atoms with Crippen molar-refractivity contribution in [1.29, 1.82) is 0 Å². The van der Waals surface area contributed by atoms with E-state index in [2.05, 4.69) is 50.8 Å². The van der Waals surface area contributed by atoms with Gasteiger partial charge in [-0.3, -0.25) is 9.69 Å². The molecule has 212 valence electrons. The Kier molecular flexibility index (Phi) is 8.84. The van der Waals surface area contributed by atoms with Crippen LogP contribution in [0.15, 0.2) is 31.0 Å². The number of halogens is 1. The maximum atomic E-state index is 12.3. The second-order valence-corrected chi connectivity index (χ2v) is 12.1. The van der Waals surface area contributed by atoms with E-state index in [1.54, 1.807) is 13.2 Å². The third-order valence-electron chi connectivity index (χ3n) is 6.67. The molecule has 1 amide bonds. The molecule has 4 rings (SSSR count). The molecular weight excluding hydrogens is 546 g/mol. The van der Waals surface area contributed by atoms with Crippen LogP contribution in [0.4, 0.5) is 23.0 Å². The number of carbonyl (C=O) groups excluding carboxylic acids is 1. The predicted octanol–water partition coefficient (Wildman–Crippen LogP) is 2.56. The Balaban J connectivity index is 1.57. The minimum Gasteiger partial charge on any atom is -0.494 e. The minimum atomic E-state index is -3.27. The Labute approximate surface area is 234 Å². The SMILES string of the molecule is C=CC(=O)Nc1cc(Nc2ncc(Cl)c(OC3CN(S(C)(=O)=O)C3)n2)c(OC)cc1N1CCN(C(C)C)CC1. The van der Waals surface area contributed by atoms with Gasteiger partial charge >= 0.3 is 0 Å². The lowest BCUT2D eigenvalue weighted by molar-refractivity contribution is -0.111. The molecule has 0 spiro atoms. The zero-order valence-electron chi connectivity index (χ0n) is 22.5. The van der Waals surface area contributed by atoms with Gasteiger partial charge < -0.3 is 25.0 Å². The largest absolute Gasteiger partial charge is 0.494 e. The smallest absolute Gasteiger partial charge is 0.247 e. The first-order valence-corrected chi connectivity index (χ1v) is 14.8. The number of nitrogens with zero attached hydrogens (tertiary/aromatic N) is 5. The molecule has 0 radical (unpaired) electrons. The topological polar surface area (TPSA) is 129 Å². The summed E-state index contributed by atoms with van der Waals surface area (Å²) in [7, 11) is -1.71. The van der Waals surface area contributed by atoms with Crippen LogP contribution < -0.4 is 25.0 Å². The van der Waals surface area contributed by atoms with Gasteiger partial charge in [-0.2, -0.15) is 9.29 Å². The van der Waals surface area contributed by atoms with Crippen molar-refractivity contribution < 1.29 is 22.7 Å². The van der Waals surface area contributed by atoms with Crippen molar-refractivity contribution >= 4 is 50.5 Å². The van der Waals surface area contributed by atoms with E-state index in [4.69, 9.17) is 21.1 Å². The quantitative estimate of drug-likeness (QED) is 0.405. The fourth-order valence-electron chi connectivity index (χ4n) is 4.38. The number of carbonyl (C=O) groups is 1. The highest BCUT2D eigenvalue weighted by molar-refractivity contribution is 7.88. The van der Waals surface area contributed by atoms with E-state index in [1.165, 1.54) is 16.6 Å². The molecule has 0 saturated carbocycles. The molecule has 1 aromatic carbocycles. The molecule has 12 nitrogen and oxygen atoms in total. The molecular formula is C25H34ClN7O5S. The number of piperazine rings is 1. The van der Waals surface area contributed by atoms with E-state index < -0.39 is 10.0 Å². The van der Waals surface area contributed by atoms with Crippen molar-refractivity contribution in [2.75, 3.05) is 68.2 Å². The van der Waals surface area contributed by atoms with Gasteiger partial charge in [-0.1, -0.05) is 18.2 Å². The normalized spacial score (nSPS) is 17.0. The van der Waals surface area contributed by atoms with Gasteiger partial charge in [0.15, 0.2) is 0 Å². The molecule has 0 bridgehead atoms. The second-order valence-electron chi connectivity index (χ2n) is 9.67. The van der Waals surface area contributed by atoms with E-state index >= 15 is 0 Å². The van der Waals surface area contributed by atoms with E-state index in [9.17, 15) is 13.2 Å². The molecule has 0 aliphatic carbocycles. The molecule has 2 saturated heterocycles. The number of methoxy groups -OCH3 is 1. The minimum absolute atomic E-state index is 0.131. The lowest BCUT2D eigenvalue weighted by atomic mass is 10.1. The Hall–Kier alpha value is -3.13. The first-order valence-electron chi connectivity index (χ1n) is 12.5. The first kappa shape index (κ1) is 28.9. The van der Waals surface area contributed by atoms with Gasteiger partial charge in [0.1, 0.15) is 16.9 Å². The Morgan fingerprint density at radius 3 is 2.49 bits per heavy atom. The van der Waals surface area contributed by atoms with E-state index in [0.717, 1.165) is 38.1 Å². The summed E-state index contributed by atoms with van der Waals surface area (Å²) in [5.41, 5.74) is 1.93. The summed E-state index contributed by atoms with van der Waals surface area (Å²) in [4.78, 5) is 25.5. The van der Waals surface area contributed by atoms with Gasteiger partial charge in [0, 0.05) is 38.3 Å². The third-order valence-corrected chi connectivity index (χ3v) is 8.16. The molecule has 2 N–H and O–H groups in total. The number of hydrogen-bond donors (Lipinski definition) is 2. The van der Waals surface area contributed by atoms with Crippen molar-refractivity contribution in [1.82, 2.24) is 19.2 Å². The summed E-state index contributed by atoms with van der Waals surface area (Å²) in [5, 5.41) is 6.21. The maximum Gasteiger partial charge on any atom is 0.247 e. The van der Waals surface area contributed by atoms with Crippen LogP contribution in [-0.2, 0) is 14.8 Å². The van der Waals surface area contributed by atoms with Crippen LogP contribution in [0, 0.1) is 0 Å². The van der Waals surface area contributed by atoms with Crippen LogP contribution in [0.2, 0.25) is 5.02 Å². The second kappa shape index (κ2) is 11.9. The van der Waals surface area contributed by atoms with Crippen molar-refractivity contribution in [2.24, 2.45) is 0 Å². The zero-order chi connectivity index (χ0) is 28.3. The van der Waals surface area contributed by atoms with Gasteiger partial charge in [-0.05, 0) is 26.0 Å². The van der Waals surface area contributed by atoms with Gasteiger partial charge in [-0.25, -0.2) is 13.4 Å². The molecule has 2 aliphatic heterocycles. The van der Waals surface area contributed by atoms with Crippen LogP contribution in [0.3, 0.4) is 0 Å². The Bertz CT molecular complexity index is 1330. The predicted molar refractivity (Wildman–Crippen MR) is 152 cm³/mol. The van der Waals surface area contributed by atoms with E-state index in [-0.39, 0.29) is 42.0 Å². The monoisotopic (exact) mass is 579 g/mol. The third kappa shape index (κ3) is 6.90. The zero-order valence-corrected chi connectivity index (χ0v) is 24.0.